The van der Waals surface area contributed by atoms with E-state index in [4.69, 9.17) is 9.47 Å². The molecular formula is C59H96O5. The van der Waals surface area contributed by atoms with E-state index in [1.807, 2.05) is 0 Å². The van der Waals surface area contributed by atoms with Crippen LogP contribution in [-0.4, -0.2) is 36.4 Å². The Morgan fingerprint density at radius 1 is 0.375 bits per heavy atom. The topological polar surface area (TPSA) is 72.8 Å². The van der Waals surface area contributed by atoms with Crippen LogP contribution in [0.25, 0.3) is 0 Å². The van der Waals surface area contributed by atoms with Crippen LogP contribution >= 0.6 is 0 Å². The zero-order valence-corrected chi connectivity index (χ0v) is 41.2. The molecule has 0 heterocycles. The van der Waals surface area contributed by atoms with Gasteiger partial charge in [0.2, 0.25) is 0 Å². The highest BCUT2D eigenvalue weighted by molar-refractivity contribution is 5.70. The standard InChI is InChI=1S/C59H96O5/c1-3-5-7-9-11-13-14-15-16-17-18-19-20-21-22-23-24-25-26-27-28-29-30-31-32-33-34-35-36-37-38-39-40-41-42-43-44-46-48-50-52-54-59(62)64-57(55-60)56-63-58(61)53-51-49-47-45-12-10-8-6-4-2/h5,7,11,13,15-16,18-19,21-22,24-25,27-28,30-31,33-34,36-37,57,60H,3-4,6,8-10,12,14,17,20,23,26,29,32,35,38-56H2,1-2H3/b7-5-,13-11-,16-15-,19-18-,22-21-,25-24-,28-27-,31-30-,34-33-,37-36-. The highest BCUT2D eigenvalue weighted by Crippen LogP contribution is 2.14. The van der Waals surface area contributed by atoms with E-state index < -0.39 is 6.10 Å². The lowest BCUT2D eigenvalue weighted by molar-refractivity contribution is -0.161. The number of ether oxygens (including phenoxy) is 2. The molecule has 0 aliphatic rings. The molecule has 0 aliphatic heterocycles. The summed E-state index contributed by atoms with van der Waals surface area (Å²) in [7, 11) is 0. The number of carbonyl (C=O) groups is 2. The Labute approximate surface area is 394 Å². The summed E-state index contributed by atoms with van der Waals surface area (Å²) in [4.78, 5) is 24.3. The zero-order valence-electron chi connectivity index (χ0n) is 41.2. The minimum absolute atomic E-state index is 0.0708. The molecule has 1 N–H and O–H groups in total. The highest BCUT2D eigenvalue weighted by Gasteiger charge is 2.16. The summed E-state index contributed by atoms with van der Waals surface area (Å²) in [6, 6.07) is 0. The molecular weight excluding hydrogens is 789 g/mol. The molecule has 0 bridgehead atoms. The molecule has 5 heteroatoms. The molecule has 5 nitrogen and oxygen atoms in total. The first-order chi connectivity index (χ1) is 31.6. The minimum atomic E-state index is -0.777. The summed E-state index contributed by atoms with van der Waals surface area (Å²) < 4.78 is 10.6. The van der Waals surface area contributed by atoms with Crippen molar-refractivity contribution in [3.63, 3.8) is 0 Å². The van der Waals surface area contributed by atoms with Crippen molar-refractivity contribution in [2.45, 2.75) is 225 Å². The van der Waals surface area contributed by atoms with Crippen LogP contribution in [0.3, 0.4) is 0 Å². The van der Waals surface area contributed by atoms with Crippen molar-refractivity contribution < 1.29 is 24.2 Å². The van der Waals surface area contributed by atoms with Crippen LogP contribution in [-0.2, 0) is 19.1 Å². The van der Waals surface area contributed by atoms with Crippen molar-refractivity contribution in [2.75, 3.05) is 13.2 Å². The summed E-state index contributed by atoms with van der Waals surface area (Å²) in [5.74, 6) is -0.603. The van der Waals surface area contributed by atoms with Gasteiger partial charge in [0.15, 0.2) is 6.10 Å². The van der Waals surface area contributed by atoms with Gasteiger partial charge < -0.3 is 14.6 Å². The van der Waals surface area contributed by atoms with Crippen LogP contribution < -0.4 is 0 Å². The summed E-state index contributed by atoms with van der Waals surface area (Å²) >= 11 is 0. The van der Waals surface area contributed by atoms with Gasteiger partial charge >= 0.3 is 11.9 Å². The fourth-order valence-electron chi connectivity index (χ4n) is 6.88. The summed E-state index contributed by atoms with van der Waals surface area (Å²) in [6.07, 6.45) is 78.8. The lowest BCUT2D eigenvalue weighted by Crippen LogP contribution is -2.28. The molecule has 0 spiro atoms. The van der Waals surface area contributed by atoms with Crippen LogP contribution in [0.5, 0.6) is 0 Å². The van der Waals surface area contributed by atoms with Gasteiger partial charge in [-0.25, -0.2) is 0 Å². The SMILES string of the molecule is CC/C=C\C/C=C\C/C=C\C/C=C\C/C=C\C/C=C\C/C=C\C/C=C\C/C=C\C/C=C\CCCCCCCCCCCCC(=O)OC(CO)COC(=O)CCCCCCCCCCC. The first kappa shape index (κ1) is 60.3. The first-order valence-electron chi connectivity index (χ1n) is 26.1. The van der Waals surface area contributed by atoms with Crippen LogP contribution in [0.2, 0.25) is 0 Å². The Morgan fingerprint density at radius 2 is 0.672 bits per heavy atom. The quantitative estimate of drug-likeness (QED) is 0.0375. The highest BCUT2D eigenvalue weighted by atomic mass is 16.6. The van der Waals surface area contributed by atoms with E-state index in [1.165, 1.54) is 89.9 Å². The number of allylic oxidation sites excluding steroid dienone is 20. The van der Waals surface area contributed by atoms with E-state index in [0.29, 0.717) is 12.8 Å². The van der Waals surface area contributed by atoms with Gasteiger partial charge in [-0.15, -0.1) is 0 Å². The van der Waals surface area contributed by atoms with Gasteiger partial charge in [-0.1, -0.05) is 238 Å². The Morgan fingerprint density at radius 3 is 1.02 bits per heavy atom. The number of rotatable bonds is 46. The van der Waals surface area contributed by atoms with Gasteiger partial charge in [-0.2, -0.15) is 0 Å². The molecule has 0 fully saturated rings. The summed E-state index contributed by atoms with van der Waals surface area (Å²) in [5, 5.41) is 9.57. The number of unbranched alkanes of at least 4 members (excludes halogenated alkanes) is 18. The van der Waals surface area contributed by atoms with Crippen LogP contribution in [0, 0.1) is 0 Å². The lowest BCUT2D eigenvalue weighted by Gasteiger charge is -2.15. The van der Waals surface area contributed by atoms with Gasteiger partial charge in [-0.3, -0.25) is 9.59 Å². The second kappa shape index (κ2) is 53.6. The fraction of sp³-hybridized carbons (Fsp3) is 0.627. The fourth-order valence-corrected chi connectivity index (χ4v) is 6.88. The van der Waals surface area contributed by atoms with Crippen LogP contribution in [0.4, 0.5) is 0 Å². The number of carbonyl (C=O) groups excluding carboxylic acids is 2. The van der Waals surface area contributed by atoms with Gasteiger partial charge in [0, 0.05) is 12.8 Å². The maximum Gasteiger partial charge on any atom is 0.306 e. The molecule has 0 amide bonds. The van der Waals surface area contributed by atoms with E-state index in [1.54, 1.807) is 0 Å². The minimum Gasteiger partial charge on any atom is -0.462 e. The monoisotopic (exact) mass is 885 g/mol. The molecule has 0 radical (unpaired) electrons. The third-order valence-corrected chi connectivity index (χ3v) is 10.8. The molecule has 0 saturated heterocycles. The Hall–Kier alpha value is -3.70. The van der Waals surface area contributed by atoms with E-state index >= 15 is 0 Å². The number of aliphatic hydroxyl groups is 1. The van der Waals surface area contributed by atoms with Crippen LogP contribution in [0.1, 0.15) is 219 Å². The zero-order chi connectivity index (χ0) is 46.3. The summed E-state index contributed by atoms with van der Waals surface area (Å²) in [5.41, 5.74) is 0. The van der Waals surface area contributed by atoms with Gasteiger partial charge in [0.05, 0.1) is 6.61 Å². The Kier molecular flexibility index (Phi) is 50.5. The number of esters is 2. The van der Waals surface area contributed by atoms with E-state index in [-0.39, 0.29) is 25.2 Å². The van der Waals surface area contributed by atoms with Crippen molar-refractivity contribution in [1.82, 2.24) is 0 Å². The molecule has 0 rings (SSSR count). The average molecular weight is 885 g/mol. The van der Waals surface area contributed by atoms with Crippen LogP contribution in [0.15, 0.2) is 122 Å². The third-order valence-electron chi connectivity index (χ3n) is 10.8. The normalized spacial score (nSPS) is 13.2. The average Bonchev–Trinajstić information content (AvgIpc) is 3.30. The molecule has 0 aromatic carbocycles. The first-order valence-corrected chi connectivity index (χ1v) is 26.1. The molecule has 0 aliphatic carbocycles. The number of aliphatic hydroxyl groups excluding tert-OH is 1. The smallest absolute Gasteiger partial charge is 0.306 e. The molecule has 0 aromatic heterocycles. The van der Waals surface area contributed by atoms with E-state index in [9.17, 15) is 14.7 Å². The predicted octanol–water partition coefficient (Wildman–Crippen LogP) is 17.5. The van der Waals surface area contributed by atoms with E-state index in [0.717, 1.165) is 103 Å². The second-order valence-electron chi connectivity index (χ2n) is 16.9. The molecule has 0 aromatic rings. The molecule has 1 unspecified atom stereocenters. The largest absolute Gasteiger partial charge is 0.462 e. The molecule has 362 valence electrons. The van der Waals surface area contributed by atoms with Crippen molar-refractivity contribution in [3.8, 4) is 0 Å². The maximum absolute atomic E-state index is 12.2. The maximum atomic E-state index is 12.2. The molecule has 0 saturated carbocycles. The Bertz CT molecular complexity index is 1320. The molecule has 64 heavy (non-hydrogen) atoms. The van der Waals surface area contributed by atoms with Gasteiger partial charge in [0.1, 0.15) is 6.61 Å². The van der Waals surface area contributed by atoms with E-state index in [2.05, 4.69) is 135 Å². The predicted molar refractivity (Wildman–Crippen MR) is 278 cm³/mol. The lowest BCUT2D eigenvalue weighted by atomic mass is 10.0. The van der Waals surface area contributed by atoms with Gasteiger partial charge in [-0.05, 0) is 89.9 Å². The van der Waals surface area contributed by atoms with Crippen molar-refractivity contribution in [2.24, 2.45) is 0 Å². The van der Waals surface area contributed by atoms with Crippen molar-refractivity contribution in [3.05, 3.63) is 122 Å². The molecule has 1 atom stereocenters. The summed E-state index contributed by atoms with van der Waals surface area (Å²) in [6.45, 7) is 3.99. The number of hydrogen-bond donors (Lipinski definition) is 1. The number of hydrogen-bond acceptors (Lipinski definition) is 5. The van der Waals surface area contributed by atoms with Crippen molar-refractivity contribution in [1.29, 1.82) is 0 Å². The van der Waals surface area contributed by atoms with Gasteiger partial charge in [0.25, 0.3) is 0 Å². The third kappa shape index (κ3) is 50.9. The Balaban J connectivity index is 3.58. The van der Waals surface area contributed by atoms with Crippen molar-refractivity contribution >= 4 is 11.9 Å². The second-order valence-corrected chi connectivity index (χ2v) is 16.9.